The molecule has 0 saturated carbocycles. The number of carbonyl (C=O) groups is 4. The number of fused-ring (bicyclic) bond motifs is 2. The van der Waals surface area contributed by atoms with Crippen molar-refractivity contribution in [3.8, 4) is 28.7 Å². The molecular formula is C36H33N3O9. The fraction of sp³-hybridized carbons (Fsp3) is 0.222. The summed E-state index contributed by atoms with van der Waals surface area (Å²) >= 11 is 0. The largest absolute Gasteiger partial charge is 0.493 e. The molecule has 2 aliphatic heterocycles. The van der Waals surface area contributed by atoms with E-state index in [-0.39, 0.29) is 30.4 Å². The number of amides is 3. The Balaban J connectivity index is 1.47. The molecule has 2 heterocycles. The Morgan fingerprint density at radius 1 is 0.875 bits per heavy atom. The number of anilines is 2. The van der Waals surface area contributed by atoms with E-state index in [2.05, 4.69) is 5.32 Å². The number of methoxy groups -OCH3 is 3. The van der Waals surface area contributed by atoms with Crippen LogP contribution >= 0.6 is 0 Å². The molecule has 1 atom stereocenters. The molecule has 0 aromatic heterocycles. The van der Waals surface area contributed by atoms with Crippen LogP contribution in [0.25, 0.3) is 0 Å². The molecule has 1 N–H and O–H groups in total. The monoisotopic (exact) mass is 651 g/mol. The number of hydrogen-bond acceptors (Lipinski definition) is 9. The van der Waals surface area contributed by atoms with Gasteiger partial charge in [-0.05, 0) is 60.0 Å². The number of ketones is 1. The highest BCUT2D eigenvalue weighted by molar-refractivity contribution is 6.52. The summed E-state index contributed by atoms with van der Waals surface area (Å²) in [6, 6.07) is 20.8. The first-order chi connectivity index (χ1) is 23.2. The number of ether oxygens (including phenoxy) is 5. The van der Waals surface area contributed by atoms with Crippen molar-refractivity contribution >= 4 is 34.9 Å². The van der Waals surface area contributed by atoms with E-state index in [0.717, 1.165) is 16.0 Å². The van der Waals surface area contributed by atoms with Crippen LogP contribution < -0.4 is 33.9 Å². The third-order valence-corrected chi connectivity index (χ3v) is 8.30. The molecule has 0 fully saturated rings. The van der Waals surface area contributed by atoms with Crippen LogP contribution in [0.3, 0.4) is 0 Å². The van der Waals surface area contributed by atoms with E-state index < -0.39 is 36.1 Å². The van der Waals surface area contributed by atoms with Crippen LogP contribution in [-0.4, -0.2) is 63.1 Å². The van der Waals surface area contributed by atoms with Gasteiger partial charge in [-0.2, -0.15) is 0 Å². The van der Waals surface area contributed by atoms with Crippen LogP contribution in [0.2, 0.25) is 0 Å². The van der Waals surface area contributed by atoms with Crippen molar-refractivity contribution in [2.45, 2.75) is 19.5 Å². The standard InChI is InChI=1S/C36H33N3O9/c1-21-9-5-6-10-22(21)18-39(31(40)19-38-26-12-8-7-11-25(26)33(41)36(38)43)32(23-15-29(44-2)34(46-4)30(16-23)45-3)35(42)37-24-13-14-27-28(17-24)48-20-47-27/h5-17,32H,18-20H2,1-4H3,(H,37,42). The topological polar surface area (TPSA) is 133 Å². The van der Waals surface area contributed by atoms with E-state index in [4.69, 9.17) is 23.7 Å². The van der Waals surface area contributed by atoms with Crippen LogP contribution in [0, 0.1) is 6.92 Å². The van der Waals surface area contributed by atoms with Crippen LogP contribution in [0.4, 0.5) is 11.4 Å². The second-order valence-corrected chi connectivity index (χ2v) is 11.1. The summed E-state index contributed by atoms with van der Waals surface area (Å²) in [5.74, 6) is -0.856. The Morgan fingerprint density at radius 2 is 1.56 bits per heavy atom. The molecule has 0 aliphatic carbocycles. The maximum Gasteiger partial charge on any atom is 0.299 e. The highest BCUT2D eigenvalue weighted by atomic mass is 16.7. The summed E-state index contributed by atoms with van der Waals surface area (Å²) in [7, 11) is 4.36. The normalized spacial score (nSPS) is 13.5. The van der Waals surface area contributed by atoms with Crippen LogP contribution in [0.5, 0.6) is 28.7 Å². The first kappa shape index (κ1) is 31.9. The molecule has 0 spiro atoms. The lowest BCUT2D eigenvalue weighted by molar-refractivity contribution is -0.139. The van der Waals surface area contributed by atoms with Gasteiger partial charge in [0.2, 0.25) is 18.4 Å². The lowest BCUT2D eigenvalue weighted by atomic mass is 10.00. The van der Waals surface area contributed by atoms with Gasteiger partial charge in [0.1, 0.15) is 12.6 Å². The van der Waals surface area contributed by atoms with Gasteiger partial charge in [-0.15, -0.1) is 0 Å². The summed E-state index contributed by atoms with van der Waals surface area (Å²) in [6.07, 6.45) is 0. The number of hydrogen-bond donors (Lipinski definition) is 1. The van der Waals surface area contributed by atoms with Crippen molar-refractivity contribution in [2.24, 2.45) is 0 Å². The summed E-state index contributed by atoms with van der Waals surface area (Å²) in [5, 5.41) is 2.92. The molecule has 0 radical (unpaired) electrons. The van der Waals surface area contributed by atoms with Crippen molar-refractivity contribution in [2.75, 3.05) is 44.9 Å². The van der Waals surface area contributed by atoms with Crippen molar-refractivity contribution in [1.82, 2.24) is 4.90 Å². The molecule has 3 amide bonds. The van der Waals surface area contributed by atoms with E-state index >= 15 is 0 Å². The Morgan fingerprint density at radius 3 is 2.27 bits per heavy atom. The maximum absolute atomic E-state index is 14.6. The second-order valence-electron chi connectivity index (χ2n) is 11.1. The van der Waals surface area contributed by atoms with Gasteiger partial charge in [-0.1, -0.05) is 36.4 Å². The zero-order valence-electron chi connectivity index (χ0n) is 26.8. The minimum absolute atomic E-state index is 0.0149. The summed E-state index contributed by atoms with van der Waals surface area (Å²) < 4.78 is 27.7. The van der Waals surface area contributed by atoms with E-state index in [1.807, 2.05) is 31.2 Å². The number of carbonyl (C=O) groups excluding carboxylic acids is 4. The van der Waals surface area contributed by atoms with Crippen LogP contribution in [-0.2, 0) is 20.9 Å². The smallest absolute Gasteiger partial charge is 0.299 e. The number of para-hydroxylation sites is 1. The highest BCUT2D eigenvalue weighted by Crippen LogP contribution is 2.42. The average Bonchev–Trinajstić information content (AvgIpc) is 3.66. The second kappa shape index (κ2) is 13.4. The molecule has 246 valence electrons. The number of nitrogens with zero attached hydrogens (tertiary/aromatic N) is 2. The average molecular weight is 652 g/mol. The summed E-state index contributed by atoms with van der Waals surface area (Å²) in [6.45, 7) is 1.45. The third kappa shape index (κ3) is 5.95. The van der Waals surface area contributed by atoms with E-state index in [1.165, 1.54) is 26.2 Å². The highest BCUT2D eigenvalue weighted by Gasteiger charge is 2.40. The SMILES string of the molecule is COc1cc(C(C(=O)Nc2ccc3c(c2)OCO3)N(Cc2ccccc2C)C(=O)CN2C(=O)C(=O)c3ccccc32)cc(OC)c1OC. The lowest BCUT2D eigenvalue weighted by Gasteiger charge is -2.33. The van der Waals surface area contributed by atoms with Gasteiger partial charge in [0.25, 0.3) is 17.6 Å². The molecular weight excluding hydrogens is 618 g/mol. The third-order valence-electron chi connectivity index (χ3n) is 8.30. The lowest BCUT2D eigenvalue weighted by Crippen LogP contribution is -2.46. The molecule has 0 saturated heterocycles. The van der Waals surface area contributed by atoms with Crippen LogP contribution in [0.15, 0.2) is 78.9 Å². The molecule has 4 aromatic rings. The Kier molecular flexibility index (Phi) is 8.89. The molecule has 4 aromatic carbocycles. The Labute approximate surface area is 276 Å². The van der Waals surface area contributed by atoms with Gasteiger partial charge in [0, 0.05) is 18.3 Å². The van der Waals surface area contributed by atoms with Crippen molar-refractivity contribution in [3.63, 3.8) is 0 Å². The summed E-state index contributed by atoms with van der Waals surface area (Å²) in [4.78, 5) is 57.5. The van der Waals surface area contributed by atoms with E-state index in [0.29, 0.717) is 34.2 Å². The molecule has 6 rings (SSSR count). The first-order valence-electron chi connectivity index (χ1n) is 15.0. The number of nitrogens with one attached hydrogen (secondary N) is 1. The predicted octanol–water partition coefficient (Wildman–Crippen LogP) is 4.69. The van der Waals surface area contributed by atoms with Gasteiger partial charge >= 0.3 is 0 Å². The van der Waals surface area contributed by atoms with Gasteiger partial charge in [-0.3, -0.25) is 24.1 Å². The van der Waals surface area contributed by atoms with E-state index in [1.54, 1.807) is 54.6 Å². The number of benzene rings is 4. The zero-order chi connectivity index (χ0) is 33.9. The van der Waals surface area contributed by atoms with Gasteiger partial charge in [0.05, 0.1) is 32.6 Å². The predicted molar refractivity (Wildman–Crippen MR) is 175 cm³/mol. The molecule has 48 heavy (non-hydrogen) atoms. The summed E-state index contributed by atoms with van der Waals surface area (Å²) in [5.41, 5.74) is 2.93. The minimum atomic E-state index is -1.29. The molecule has 2 aliphatic rings. The molecule has 0 bridgehead atoms. The minimum Gasteiger partial charge on any atom is -0.493 e. The fourth-order valence-corrected chi connectivity index (χ4v) is 5.84. The number of aryl methyl sites for hydroxylation is 1. The Hall–Kier alpha value is -6.04. The molecule has 1 unspecified atom stereocenters. The van der Waals surface area contributed by atoms with Crippen molar-refractivity contribution in [3.05, 3.63) is 101 Å². The molecule has 12 nitrogen and oxygen atoms in total. The quantitative estimate of drug-likeness (QED) is 0.230. The van der Waals surface area contributed by atoms with Crippen molar-refractivity contribution in [1.29, 1.82) is 0 Å². The van der Waals surface area contributed by atoms with Gasteiger partial charge < -0.3 is 33.9 Å². The van der Waals surface area contributed by atoms with Gasteiger partial charge in [0.15, 0.2) is 23.0 Å². The molecule has 12 heteroatoms. The maximum atomic E-state index is 14.6. The Bertz CT molecular complexity index is 1900. The van der Waals surface area contributed by atoms with Crippen LogP contribution in [0.1, 0.15) is 33.1 Å². The zero-order valence-corrected chi connectivity index (χ0v) is 26.8. The fourth-order valence-electron chi connectivity index (χ4n) is 5.84. The van der Waals surface area contributed by atoms with Gasteiger partial charge in [-0.25, -0.2) is 0 Å². The number of rotatable bonds is 11. The van der Waals surface area contributed by atoms with E-state index in [9.17, 15) is 19.2 Å². The number of Topliss-reactive ketones (excluding diaryl/α,β-unsaturated/α-hetero) is 1. The first-order valence-corrected chi connectivity index (χ1v) is 15.0. The van der Waals surface area contributed by atoms with Crippen molar-refractivity contribution < 1.29 is 42.9 Å².